The highest BCUT2D eigenvalue weighted by Gasteiger charge is 2.31. The second-order valence-electron chi connectivity index (χ2n) is 8.68. The molecule has 7 heteroatoms. The Labute approximate surface area is 167 Å². The Kier molecular flexibility index (Phi) is 5.66. The zero-order valence-corrected chi connectivity index (χ0v) is 17.8. The van der Waals surface area contributed by atoms with E-state index in [1.807, 2.05) is 58.0 Å². The smallest absolute Gasteiger partial charge is 0.240 e. The van der Waals surface area contributed by atoms with Crippen LogP contribution in [0.2, 0.25) is 0 Å². The monoisotopic (exact) mass is 403 g/mol. The fourth-order valence-corrected chi connectivity index (χ4v) is 5.25. The number of carbonyl (C=O) groups is 1. The molecule has 1 aliphatic rings. The normalized spacial score (nSPS) is 15.7. The summed E-state index contributed by atoms with van der Waals surface area (Å²) in [6.45, 7) is 8.13. The number of sulfone groups is 1. The summed E-state index contributed by atoms with van der Waals surface area (Å²) in [7, 11) is -3.43. The van der Waals surface area contributed by atoms with Gasteiger partial charge in [0.2, 0.25) is 5.91 Å². The molecule has 152 valence electrons. The molecule has 0 atom stereocenters. The van der Waals surface area contributed by atoms with E-state index in [0.29, 0.717) is 18.7 Å². The summed E-state index contributed by atoms with van der Waals surface area (Å²) in [5.41, 5.74) is 2.52. The Morgan fingerprint density at radius 1 is 1.21 bits per heavy atom. The number of aryl methyl sites for hydroxylation is 1. The van der Waals surface area contributed by atoms with Crippen molar-refractivity contribution in [2.45, 2.75) is 64.0 Å². The van der Waals surface area contributed by atoms with Crippen LogP contribution in [0.15, 0.2) is 30.3 Å². The van der Waals surface area contributed by atoms with Gasteiger partial charge in [-0.15, -0.1) is 0 Å². The maximum atomic E-state index is 12.6. The van der Waals surface area contributed by atoms with Crippen molar-refractivity contribution in [1.82, 2.24) is 9.78 Å². The Balaban J connectivity index is 1.88. The van der Waals surface area contributed by atoms with Gasteiger partial charge in [-0.05, 0) is 37.5 Å². The van der Waals surface area contributed by atoms with Gasteiger partial charge in [0.25, 0.3) is 0 Å². The first-order chi connectivity index (χ1) is 13.1. The molecular weight excluding hydrogens is 374 g/mol. The molecule has 1 fully saturated rings. The number of hydrogen-bond acceptors (Lipinski definition) is 4. The predicted molar refractivity (Wildman–Crippen MR) is 112 cm³/mol. The third-order valence-corrected chi connectivity index (χ3v) is 7.29. The fourth-order valence-electron chi connectivity index (χ4n) is 3.52. The average molecular weight is 404 g/mol. The van der Waals surface area contributed by atoms with Crippen LogP contribution in [-0.2, 0) is 20.0 Å². The van der Waals surface area contributed by atoms with Gasteiger partial charge in [-0.3, -0.25) is 4.79 Å². The number of anilines is 1. The van der Waals surface area contributed by atoms with Crippen molar-refractivity contribution in [3.63, 3.8) is 0 Å². The summed E-state index contributed by atoms with van der Waals surface area (Å²) in [5.74, 6) is -0.509. The Bertz CT molecular complexity index is 965. The van der Waals surface area contributed by atoms with Crippen molar-refractivity contribution in [3.8, 4) is 5.69 Å². The van der Waals surface area contributed by atoms with Crippen LogP contribution in [0.5, 0.6) is 0 Å². The van der Waals surface area contributed by atoms with Gasteiger partial charge in [0, 0.05) is 11.5 Å². The van der Waals surface area contributed by atoms with E-state index < -0.39 is 21.5 Å². The molecule has 1 aliphatic carbocycles. The molecule has 3 rings (SSSR count). The van der Waals surface area contributed by atoms with Crippen LogP contribution >= 0.6 is 0 Å². The summed E-state index contributed by atoms with van der Waals surface area (Å²) < 4.78 is 26.7. The van der Waals surface area contributed by atoms with Gasteiger partial charge < -0.3 is 5.32 Å². The average Bonchev–Trinajstić information content (AvgIpc) is 3.23. The molecule has 1 aromatic heterocycles. The first kappa shape index (κ1) is 20.6. The third-order valence-electron chi connectivity index (χ3n) is 5.13. The van der Waals surface area contributed by atoms with Gasteiger partial charge in [-0.25, -0.2) is 13.1 Å². The van der Waals surface area contributed by atoms with Crippen molar-refractivity contribution >= 4 is 21.6 Å². The van der Waals surface area contributed by atoms with E-state index in [2.05, 4.69) is 10.4 Å². The van der Waals surface area contributed by atoms with E-state index in [9.17, 15) is 13.2 Å². The molecule has 2 aromatic rings. The summed E-state index contributed by atoms with van der Waals surface area (Å²) in [6.07, 6.45) is 3.15. The molecule has 28 heavy (non-hydrogen) atoms. The second-order valence-corrected chi connectivity index (χ2v) is 11.0. The Morgan fingerprint density at radius 2 is 1.89 bits per heavy atom. The highest BCUT2D eigenvalue weighted by Crippen LogP contribution is 2.28. The summed E-state index contributed by atoms with van der Waals surface area (Å²) in [5, 5.41) is 7.07. The van der Waals surface area contributed by atoms with Gasteiger partial charge >= 0.3 is 0 Å². The van der Waals surface area contributed by atoms with Crippen molar-refractivity contribution in [2.24, 2.45) is 0 Å². The number of nitrogens with one attached hydrogen (secondary N) is 1. The number of aromatic nitrogens is 2. The van der Waals surface area contributed by atoms with Crippen molar-refractivity contribution in [1.29, 1.82) is 0 Å². The topological polar surface area (TPSA) is 81.1 Å². The van der Waals surface area contributed by atoms with E-state index in [4.69, 9.17) is 0 Å². The lowest BCUT2D eigenvalue weighted by Gasteiger charge is -2.14. The van der Waals surface area contributed by atoms with Crippen LogP contribution in [0.25, 0.3) is 5.69 Å². The molecule has 0 unspecified atom stereocenters. The van der Waals surface area contributed by atoms with Crippen LogP contribution in [0, 0.1) is 6.92 Å². The molecule has 0 aliphatic heterocycles. The van der Waals surface area contributed by atoms with E-state index in [-0.39, 0.29) is 10.7 Å². The van der Waals surface area contributed by atoms with Crippen molar-refractivity contribution < 1.29 is 13.2 Å². The van der Waals surface area contributed by atoms with E-state index in [0.717, 1.165) is 29.8 Å². The number of hydrogen-bond donors (Lipinski definition) is 1. The third kappa shape index (κ3) is 4.63. The fraction of sp³-hybridized carbons (Fsp3) is 0.524. The molecule has 0 bridgehead atoms. The highest BCUT2D eigenvalue weighted by atomic mass is 32.2. The predicted octanol–water partition coefficient (Wildman–Crippen LogP) is 3.77. The maximum absolute atomic E-state index is 12.6. The van der Waals surface area contributed by atoms with E-state index in [1.165, 1.54) is 0 Å². The minimum atomic E-state index is -3.43. The summed E-state index contributed by atoms with van der Waals surface area (Å²) in [6, 6.07) is 9.63. The number of amides is 1. The quantitative estimate of drug-likeness (QED) is 0.824. The molecule has 1 saturated carbocycles. The first-order valence-electron chi connectivity index (χ1n) is 9.75. The Hall–Kier alpha value is -2.15. The summed E-state index contributed by atoms with van der Waals surface area (Å²) in [4.78, 5) is 12.6. The molecular formula is C21H29N3O3S. The second kappa shape index (κ2) is 7.70. The van der Waals surface area contributed by atoms with Crippen LogP contribution in [-0.4, -0.2) is 35.1 Å². The van der Waals surface area contributed by atoms with Gasteiger partial charge in [-0.2, -0.15) is 5.10 Å². The zero-order chi connectivity index (χ0) is 20.5. The molecule has 1 amide bonds. The van der Waals surface area contributed by atoms with Crippen LogP contribution in [0.1, 0.15) is 57.7 Å². The van der Waals surface area contributed by atoms with Gasteiger partial charge in [0.1, 0.15) is 11.6 Å². The lowest BCUT2D eigenvalue weighted by molar-refractivity contribution is -0.113. The minimum Gasteiger partial charge on any atom is -0.310 e. The number of carbonyl (C=O) groups excluding carboxylic acids is 1. The van der Waals surface area contributed by atoms with Gasteiger partial charge in [0.05, 0.1) is 16.6 Å². The van der Waals surface area contributed by atoms with Crippen LogP contribution < -0.4 is 5.32 Å². The standard InChI is InChI=1S/C21H29N3O3S/c1-15-8-7-9-16(12-15)24-19(13-18(23-24)21(2,3)4)22-20(25)14-28(26,27)17-10-5-6-11-17/h7-9,12-13,17H,5-6,10-11,14H2,1-4H3,(H,22,25). The van der Waals surface area contributed by atoms with Crippen molar-refractivity contribution in [2.75, 3.05) is 11.1 Å². The lowest BCUT2D eigenvalue weighted by Crippen LogP contribution is -2.30. The van der Waals surface area contributed by atoms with E-state index in [1.54, 1.807) is 4.68 Å². The van der Waals surface area contributed by atoms with E-state index >= 15 is 0 Å². The lowest BCUT2D eigenvalue weighted by atomic mass is 9.92. The number of rotatable bonds is 5. The molecule has 1 heterocycles. The molecule has 1 N–H and O–H groups in total. The summed E-state index contributed by atoms with van der Waals surface area (Å²) >= 11 is 0. The molecule has 0 spiro atoms. The van der Waals surface area contributed by atoms with Crippen molar-refractivity contribution in [3.05, 3.63) is 41.6 Å². The van der Waals surface area contributed by atoms with Gasteiger partial charge in [0.15, 0.2) is 9.84 Å². The largest absolute Gasteiger partial charge is 0.310 e. The number of nitrogens with zero attached hydrogens (tertiary/aromatic N) is 2. The van der Waals surface area contributed by atoms with Crippen LogP contribution in [0.4, 0.5) is 5.82 Å². The number of benzene rings is 1. The Morgan fingerprint density at radius 3 is 2.50 bits per heavy atom. The van der Waals surface area contributed by atoms with Crippen LogP contribution in [0.3, 0.4) is 0 Å². The zero-order valence-electron chi connectivity index (χ0n) is 17.0. The molecule has 1 aromatic carbocycles. The molecule has 6 nitrogen and oxygen atoms in total. The first-order valence-corrected chi connectivity index (χ1v) is 11.5. The minimum absolute atomic E-state index is 0.204. The maximum Gasteiger partial charge on any atom is 0.240 e. The van der Waals surface area contributed by atoms with Gasteiger partial charge in [-0.1, -0.05) is 45.7 Å². The SMILES string of the molecule is Cc1cccc(-n2nc(C(C)(C)C)cc2NC(=O)CS(=O)(=O)C2CCCC2)c1. The molecule has 0 saturated heterocycles. The molecule has 0 radical (unpaired) electrons. The highest BCUT2D eigenvalue weighted by molar-refractivity contribution is 7.92.